The van der Waals surface area contributed by atoms with E-state index in [2.05, 4.69) is 11.8 Å². The Morgan fingerprint density at radius 3 is 2.73 bits per heavy atom. The van der Waals surface area contributed by atoms with Crippen molar-refractivity contribution in [2.45, 2.75) is 13.3 Å². The van der Waals surface area contributed by atoms with E-state index in [4.69, 9.17) is 5.73 Å². The average Bonchev–Trinajstić information content (AvgIpc) is 2.18. The van der Waals surface area contributed by atoms with E-state index in [0.29, 0.717) is 5.56 Å². The van der Waals surface area contributed by atoms with Crippen LogP contribution in [0.15, 0.2) is 12.1 Å². The number of amides is 1. The summed E-state index contributed by atoms with van der Waals surface area (Å²) in [5.41, 5.74) is 5.36. The van der Waals surface area contributed by atoms with Crippen LogP contribution >= 0.6 is 0 Å². The number of hydrogen-bond acceptors (Lipinski definition) is 1. The number of hydrogen-bond donors (Lipinski definition) is 1. The molecule has 2 N–H and O–H groups in total. The third-order valence-electron chi connectivity index (χ3n) is 1.82. The number of halogens is 2. The van der Waals surface area contributed by atoms with Gasteiger partial charge in [-0.25, -0.2) is 8.78 Å². The van der Waals surface area contributed by atoms with Gasteiger partial charge in [0.2, 0.25) is 5.91 Å². The molecule has 4 heteroatoms. The maximum Gasteiger partial charge on any atom is 0.229 e. The highest BCUT2D eigenvalue weighted by Crippen LogP contribution is 2.14. The summed E-state index contributed by atoms with van der Waals surface area (Å²) >= 11 is 0. The van der Waals surface area contributed by atoms with Crippen molar-refractivity contribution in [2.24, 2.45) is 5.73 Å². The van der Waals surface area contributed by atoms with Gasteiger partial charge in [-0.05, 0) is 19.1 Å². The third-order valence-corrected chi connectivity index (χ3v) is 1.82. The molecule has 0 aliphatic heterocycles. The van der Waals surface area contributed by atoms with Crippen molar-refractivity contribution in [1.29, 1.82) is 0 Å². The normalized spacial score (nSPS) is 9.27. The molecule has 2 nitrogen and oxygen atoms in total. The molecule has 0 fully saturated rings. The van der Waals surface area contributed by atoms with E-state index in [1.165, 1.54) is 13.0 Å². The highest BCUT2D eigenvalue weighted by molar-refractivity contribution is 5.76. The number of nitrogens with two attached hydrogens (primary N) is 1. The fourth-order valence-electron chi connectivity index (χ4n) is 1.01. The largest absolute Gasteiger partial charge is 0.369 e. The van der Waals surface area contributed by atoms with E-state index < -0.39 is 17.5 Å². The highest BCUT2D eigenvalue weighted by Gasteiger charge is 2.07. The van der Waals surface area contributed by atoms with Crippen molar-refractivity contribution in [1.82, 2.24) is 0 Å². The minimum atomic E-state index is -0.916. The van der Waals surface area contributed by atoms with Crippen LogP contribution in [0.4, 0.5) is 8.78 Å². The summed E-state index contributed by atoms with van der Waals surface area (Å²) in [7, 11) is 0. The number of carbonyl (C=O) groups excluding carboxylic acids is 1. The molecule has 1 amide bonds. The van der Waals surface area contributed by atoms with Crippen LogP contribution in [0.2, 0.25) is 0 Å². The van der Waals surface area contributed by atoms with Gasteiger partial charge in [0, 0.05) is 11.1 Å². The van der Waals surface area contributed by atoms with Gasteiger partial charge in [0.15, 0.2) is 11.6 Å². The Kier molecular flexibility index (Phi) is 3.40. The van der Waals surface area contributed by atoms with Gasteiger partial charge in [0.1, 0.15) is 0 Å². The van der Waals surface area contributed by atoms with E-state index in [0.717, 1.165) is 6.07 Å². The number of benzene rings is 1. The molecule has 0 heterocycles. The minimum absolute atomic E-state index is 0.0988. The van der Waals surface area contributed by atoms with E-state index in [1.807, 2.05) is 0 Å². The molecule has 1 aromatic carbocycles. The molecule has 0 aliphatic carbocycles. The van der Waals surface area contributed by atoms with Gasteiger partial charge in [-0.2, -0.15) is 0 Å². The highest BCUT2D eigenvalue weighted by atomic mass is 19.2. The molecule has 78 valence electrons. The number of primary amides is 1. The topological polar surface area (TPSA) is 43.1 Å². The zero-order valence-electron chi connectivity index (χ0n) is 8.10. The van der Waals surface area contributed by atoms with Crippen molar-refractivity contribution in [3.8, 4) is 11.8 Å². The molecule has 0 saturated heterocycles. The number of rotatable bonds is 1. The van der Waals surface area contributed by atoms with Gasteiger partial charge in [-0.3, -0.25) is 4.79 Å². The first kappa shape index (κ1) is 11.2. The zero-order chi connectivity index (χ0) is 11.4. The Morgan fingerprint density at radius 2 is 2.13 bits per heavy atom. The minimum Gasteiger partial charge on any atom is -0.369 e. The Bertz CT molecular complexity index is 458. The molecule has 15 heavy (non-hydrogen) atoms. The second-order valence-electron chi connectivity index (χ2n) is 2.98. The smallest absolute Gasteiger partial charge is 0.229 e. The molecule has 0 radical (unpaired) electrons. The SMILES string of the molecule is Cc1c(C#CCC(N)=O)ccc(F)c1F. The van der Waals surface area contributed by atoms with Gasteiger partial charge in [0.05, 0.1) is 6.42 Å². The van der Waals surface area contributed by atoms with E-state index in [9.17, 15) is 13.6 Å². The summed E-state index contributed by atoms with van der Waals surface area (Å²) in [5.74, 6) is 2.65. The number of carbonyl (C=O) groups is 1. The van der Waals surface area contributed by atoms with Crippen molar-refractivity contribution in [2.75, 3.05) is 0 Å². The lowest BCUT2D eigenvalue weighted by molar-refractivity contribution is -0.117. The molecular formula is C11H9F2NO. The van der Waals surface area contributed by atoms with Crippen LogP contribution in [0.25, 0.3) is 0 Å². The first-order valence-electron chi connectivity index (χ1n) is 4.24. The fraction of sp³-hybridized carbons (Fsp3) is 0.182. The maximum absolute atomic E-state index is 13.0. The Labute approximate surface area is 86.1 Å². The molecule has 0 aromatic heterocycles. The third kappa shape index (κ3) is 2.78. The average molecular weight is 209 g/mol. The van der Waals surface area contributed by atoms with Gasteiger partial charge < -0.3 is 5.73 Å². The van der Waals surface area contributed by atoms with Crippen LogP contribution in [-0.4, -0.2) is 5.91 Å². The van der Waals surface area contributed by atoms with E-state index in [-0.39, 0.29) is 12.0 Å². The predicted molar refractivity (Wildman–Crippen MR) is 51.8 cm³/mol. The molecule has 1 aromatic rings. The Hall–Kier alpha value is -1.89. The molecule has 1 rings (SSSR count). The molecule has 0 spiro atoms. The molecule has 0 aliphatic rings. The lowest BCUT2D eigenvalue weighted by Gasteiger charge is -2.00. The van der Waals surface area contributed by atoms with Crippen LogP contribution in [0.3, 0.4) is 0 Å². The second-order valence-corrected chi connectivity index (χ2v) is 2.98. The van der Waals surface area contributed by atoms with Crippen molar-refractivity contribution < 1.29 is 13.6 Å². The monoisotopic (exact) mass is 209 g/mol. The Morgan fingerprint density at radius 1 is 1.47 bits per heavy atom. The molecule has 0 unspecified atom stereocenters. The van der Waals surface area contributed by atoms with Gasteiger partial charge >= 0.3 is 0 Å². The van der Waals surface area contributed by atoms with Crippen LogP contribution in [0, 0.1) is 30.4 Å². The molecule has 0 saturated carbocycles. The van der Waals surface area contributed by atoms with E-state index in [1.54, 1.807) is 0 Å². The first-order chi connectivity index (χ1) is 7.02. The molecular weight excluding hydrogens is 200 g/mol. The predicted octanol–water partition coefficient (Wildman–Crippen LogP) is 1.50. The lowest BCUT2D eigenvalue weighted by atomic mass is 10.1. The summed E-state index contributed by atoms with van der Waals surface area (Å²) in [5, 5.41) is 0. The maximum atomic E-state index is 13.0. The quantitative estimate of drug-likeness (QED) is 0.700. The van der Waals surface area contributed by atoms with Gasteiger partial charge in [-0.15, -0.1) is 0 Å². The standard InChI is InChI=1S/C11H9F2NO/c1-7-8(3-2-4-10(14)15)5-6-9(12)11(7)13/h5-6H,4H2,1H3,(H2,14,15). The van der Waals surface area contributed by atoms with Gasteiger partial charge in [0.25, 0.3) is 0 Å². The molecule has 0 atom stereocenters. The van der Waals surface area contributed by atoms with Crippen molar-refractivity contribution in [3.05, 3.63) is 34.9 Å². The van der Waals surface area contributed by atoms with Crippen LogP contribution in [0.1, 0.15) is 17.5 Å². The van der Waals surface area contributed by atoms with Crippen LogP contribution in [0.5, 0.6) is 0 Å². The summed E-state index contributed by atoms with van der Waals surface area (Å²) in [4.78, 5) is 10.4. The zero-order valence-corrected chi connectivity index (χ0v) is 8.10. The second kappa shape index (κ2) is 4.56. The summed E-state index contributed by atoms with van der Waals surface area (Å²) < 4.78 is 25.8. The molecule has 0 bridgehead atoms. The van der Waals surface area contributed by atoms with Crippen molar-refractivity contribution >= 4 is 5.91 Å². The Balaban J connectivity index is 3.00. The summed E-state index contributed by atoms with van der Waals surface area (Å²) in [6.45, 7) is 1.42. The lowest BCUT2D eigenvalue weighted by Crippen LogP contribution is -2.08. The summed E-state index contributed by atoms with van der Waals surface area (Å²) in [6, 6.07) is 2.36. The van der Waals surface area contributed by atoms with Gasteiger partial charge in [-0.1, -0.05) is 11.8 Å². The van der Waals surface area contributed by atoms with Crippen LogP contribution in [-0.2, 0) is 4.79 Å². The van der Waals surface area contributed by atoms with Crippen LogP contribution < -0.4 is 5.73 Å². The summed E-state index contributed by atoms with van der Waals surface area (Å²) in [6.07, 6.45) is -0.0988. The fourth-order valence-corrected chi connectivity index (χ4v) is 1.01. The first-order valence-corrected chi connectivity index (χ1v) is 4.24. The van der Waals surface area contributed by atoms with E-state index >= 15 is 0 Å². The van der Waals surface area contributed by atoms with Crippen molar-refractivity contribution in [3.63, 3.8) is 0 Å².